The van der Waals surface area contributed by atoms with Crippen LogP contribution >= 0.6 is 11.8 Å². The number of carbonyl (C=O) groups excluding carboxylic acids is 1. The lowest BCUT2D eigenvalue weighted by Gasteiger charge is -2.23. The number of carbonyl (C=O) groups is 1. The fourth-order valence-electron chi connectivity index (χ4n) is 1.81. The molecule has 1 aromatic heterocycles. The van der Waals surface area contributed by atoms with E-state index in [1.807, 2.05) is 24.0 Å². The van der Waals surface area contributed by atoms with Crippen molar-refractivity contribution in [3.8, 4) is 0 Å². The quantitative estimate of drug-likeness (QED) is 0.748. The lowest BCUT2D eigenvalue weighted by Crippen LogP contribution is -2.31. The zero-order valence-corrected chi connectivity index (χ0v) is 10.7. The standard InChI is InChI=1S/C12H16N2O2S/c1-2-16-8-7-14-11(15)9-17-12(14)10-3-5-13-6-4-10/h3-6,12H,2,7-9H2,1H3. The molecular weight excluding hydrogens is 236 g/mol. The molecule has 1 fully saturated rings. The molecule has 0 spiro atoms. The minimum Gasteiger partial charge on any atom is -0.380 e. The van der Waals surface area contributed by atoms with Crippen molar-refractivity contribution < 1.29 is 9.53 Å². The Labute approximate surface area is 105 Å². The molecule has 1 saturated heterocycles. The molecule has 0 aliphatic carbocycles. The average Bonchev–Trinajstić information content (AvgIpc) is 2.73. The van der Waals surface area contributed by atoms with Crippen molar-refractivity contribution in [2.75, 3.05) is 25.5 Å². The molecule has 1 aromatic rings. The van der Waals surface area contributed by atoms with E-state index in [1.54, 1.807) is 24.2 Å². The molecule has 5 heteroatoms. The number of hydrogen-bond acceptors (Lipinski definition) is 4. The zero-order chi connectivity index (χ0) is 12.1. The summed E-state index contributed by atoms with van der Waals surface area (Å²) in [7, 11) is 0. The van der Waals surface area contributed by atoms with E-state index in [0.717, 1.165) is 5.56 Å². The Kier molecular flexibility index (Phi) is 4.39. The number of ether oxygens (including phenoxy) is 1. The van der Waals surface area contributed by atoms with Crippen molar-refractivity contribution >= 4 is 17.7 Å². The van der Waals surface area contributed by atoms with E-state index in [4.69, 9.17) is 4.74 Å². The zero-order valence-electron chi connectivity index (χ0n) is 9.83. The van der Waals surface area contributed by atoms with Gasteiger partial charge in [-0.1, -0.05) is 0 Å². The van der Waals surface area contributed by atoms with Crippen LogP contribution in [0.1, 0.15) is 17.9 Å². The predicted molar refractivity (Wildman–Crippen MR) is 67.6 cm³/mol. The SMILES string of the molecule is CCOCCN1C(=O)CSC1c1ccncc1. The first-order valence-corrected chi connectivity index (χ1v) is 6.76. The molecule has 1 aliphatic rings. The smallest absolute Gasteiger partial charge is 0.233 e. The maximum atomic E-state index is 11.8. The summed E-state index contributed by atoms with van der Waals surface area (Å²) in [6.45, 7) is 3.91. The molecular formula is C12H16N2O2S. The van der Waals surface area contributed by atoms with Crippen molar-refractivity contribution in [3.05, 3.63) is 30.1 Å². The Balaban J connectivity index is 2.03. The summed E-state index contributed by atoms with van der Waals surface area (Å²) in [6, 6.07) is 3.92. The number of thioether (sulfide) groups is 1. The van der Waals surface area contributed by atoms with Crippen LogP contribution in [-0.4, -0.2) is 41.3 Å². The van der Waals surface area contributed by atoms with E-state index in [0.29, 0.717) is 25.5 Å². The molecule has 1 atom stereocenters. The molecule has 4 nitrogen and oxygen atoms in total. The van der Waals surface area contributed by atoms with Gasteiger partial charge in [0.2, 0.25) is 5.91 Å². The second-order valence-corrected chi connectivity index (χ2v) is 4.80. The van der Waals surface area contributed by atoms with Gasteiger partial charge in [-0.15, -0.1) is 11.8 Å². The highest BCUT2D eigenvalue weighted by Crippen LogP contribution is 2.37. The third-order valence-electron chi connectivity index (χ3n) is 2.64. The van der Waals surface area contributed by atoms with Gasteiger partial charge in [0, 0.05) is 25.5 Å². The first-order valence-electron chi connectivity index (χ1n) is 5.71. The van der Waals surface area contributed by atoms with Crippen molar-refractivity contribution in [1.82, 2.24) is 9.88 Å². The van der Waals surface area contributed by atoms with E-state index in [2.05, 4.69) is 4.98 Å². The van der Waals surface area contributed by atoms with Crippen LogP contribution in [0.15, 0.2) is 24.5 Å². The summed E-state index contributed by atoms with van der Waals surface area (Å²) >= 11 is 1.66. The lowest BCUT2D eigenvalue weighted by molar-refractivity contribution is -0.128. The highest BCUT2D eigenvalue weighted by Gasteiger charge is 2.32. The maximum absolute atomic E-state index is 11.8. The first-order chi connectivity index (χ1) is 8.33. The summed E-state index contributed by atoms with van der Waals surface area (Å²) in [5, 5.41) is 0.117. The number of hydrogen-bond donors (Lipinski definition) is 0. The van der Waals surface area contributed by atoms with Crippen LogP contribution < -0.4 is 0 Å². The van der Waals surface area contributed by atoms with Crippen LogP contribution in [0, 0.1) is 0 Å². The van der Waals surface area contributed by atoms with Gasteiger partial charge in [-0.25, -0.2) is 0 Å². The second-order valence-electron chi connectivity index (χ2n) is 3.73. The van der Waals surface area contributed by atoms with Gasteiger partial charge >= 0.3 is 0 Å². The molecule has 0 saturated carbocycles. The monoisotopic (exact) mass is 252 g/mol. The Morgan fingerprint density at radius 2 is 2.29 bits per heavy atom. The lowest BCUT2D eigenvalue weighted by atomic mass is 10.2. The van der Waals surface area contributed by atoms with Crippen molar-refractivity contribution in [2.45, 2.75) is 12.3 Å². The van der Waals surface area contributed by atoms with Crippen LogP contribution in [0.25, 0.3) is 0 Å². The molecule has 1 aliphatic heterocycles. The highest BCUT2D eigenvalue weighted by molar-refractivity contribution is 8.00. The summed E-state index contributed by atoms with van der Waals surface area (Å²) < 4.78 is 5.31. The Morgan fingerprint density at radius 3 is 3.00 bits per heavy atom. The van der Waals surface area contributed by atoms with Crippen LogP contribution in [0.3, 0.4) is 0 Å². The largest absolute Gasteiger partial charge is 0.380 e. The number of nitrogens with zero attached hydrogens (tertiary/aromatic N) is 2. The molecule has 1 unspecified atom stereocenters. The van der Waals surface area contributed by atoms with Gasteiger partial charge in [-0.05, 0) is 24.6 Å². The number of rotatable bonds is 5. The molecule has 0 radical (unpaired) electrons. The summed E-state index contributed by atoms with van der Waals surface area (Å²) in [6.07, 6.45) is 3.53. The number of pyridine rings is 1. The Bertz CT molecular complexity index is 372. The first kappa shape index (κ1) is 12.4. The summed E-state index contributed by atoms with van der Waals surface area (Å²) in [5.41, 5.74) is 1.13. The normalized spacial score (nSPS) is 19.9. The minimum atomic E-state index is 0.117. The average molecular weight is 252 g/mol. The van der Waals surface area contributed by atoms with E-state index in [9.17, 15) is 4.79 Å². The van der Waals surface area contributed by atoms with Gasteiger partial charge in [0.25, 0.3) is 0 Å². The summed E-state index contributed by atoms with van der Waals surface area (Å²) in [4.78, 5) is 17.7. The van der Waals surface area contributed by atoms with Gasteiger partial charge in [0.1, 0.15) is 5.37 Å². The topological polar surface area (TPSA) is 42.4 Å². The van der Waals surface area contributed by atoms with Crippen molar-refractivity contribution in [1.29, 1.82) is 0 Å². The number of aromatic nitrogens is 1. The van der Waals surface area contributed by atoms with Gasteiger partial charge in [-0.2, -0.15) is 0 Å². The molecule has 2 rings (SSSR count). The van der Waals surface area contributed by atoms with Gasteiger partial charge in [0.05, 0.1) is 12.4 Å². The third-order valence-corrected chi connectivity index (χ3v) is 3.90. The van der Waals surface area contributed by atoms with E-state index >= 15 is 0 Å². The molecule has 17 heavy (non-hydrogen) atoms. The van der Waals surface area contributed by atoms with E-state index in [1.165, 1.54) is 0 Å². The van der Waals surface area contributed by atoms with Crippen molar-refractivity contribution in [3.63, 3.8) is 0 Å². The molecule has 0 aromatic carbocycles. The van der Waals surface area contributed by atoms with Crippen LogP contribution in [0.2, 0.25) is 0 Å². The molecule has 92 valence electrons. The highest BCUT2D eigenvalue weighted by atomic mass is 32.2. The predicted octanol–water partition coefficient (Wildman–Crippen LogP) is 1.69. The molecule has 1 amide bonds. The van der Waals surface area contributed by atoms with Gasteiger partial charge < -0.3 is 9.64 Å². The van der Waals surface area contributed by atoms with Crippen LogP contribution in [0.5, 0.6) is 0 Å². The summed E-state index contributed by atoms with van der Waals surface area (Å²) in [5.74, 6) is 0.746. The Morgan fingerprint density at radius 1 is 1.53 bits per heavy atom. The second kappa shape index (κ2) is 6.02. The van der Waals surface area contributed by atoms with E-state index in [-0.39, 0.29) is 11.3 Å². The van der Waals surface area contributed by atoms with Gasteiger partial charge in [-0.3, -0.25) is 9.78 Å². The Hall–Kier alpha value is -1.07. The molecule has 2 heterocycles. The van der Waals surface area contributed by atoms with Crippen molar-refractivity contribution in [2.24, 2.45) is 0 Å². The minimum absolute atomic E-state index is 0.117. The third kappa shape index (κ3) is 2.98. The molecule has 0 N–H and O–H groups in total. The number of amides is 1. The van der Waals surface area contributed by atoms with E-state index < -0.39 is 0 Å². The van der Waals surface area contributed by atoms with Crippen LogP contribution in [-0.2, 0) is 9.53 Å². The molecule has 0 bridgehead atoms. The maximum Gasteiger partial charge on any atom is 0.233 e. The fraction of sp³-hybridized carbons (Fsp3) is 0.500. The fourth-order valence-corrected chi connectivity index (χ4v) is 3.03. The van der Waals surface area contributed by atoms with Gasteiger partial charge in [0.15, 0.2) is 0 Å². The van der Waals surface area contributed by atoms with Crippen LogP contribution in [0.4, 0.5) is 0 Å².